The van der Waals surface area contributed by atoms with Crippen molar-refractivity contribution in [1.82, 2.24) is 14.7 Å². The highest BCUT2D eigenvalue weighted by Crippen LogP contribution is 2.26. The van der Waals surface area contributed by atoms with E-state index in [1.807, 2.05) is 16.8 Å². The molecule has 0 radical (unpaired) electrons. The van der Waals surface area contributed by atoms with Gasteiger partial charge in [0.05, 0.1) is 0 Å². The lowest BCUT2D eigenvalue weighted by Gasteiger charge is -2.09. The van der Waals surface area contributed by atoms with Crippen LogP contribution in [0, 0.1) is 0 Å². The van der Waals surface area contributed by atoms with E-state index in [1.165, 1.54) is 11.1 Å². The lowest BCUT2D eigenvalue weighted by atomic mass is 9.96. The van der Waals surface area contributed by atoms with E-state index in [0.29, 0.717) is 12.3 Å². The summed E-state index contributed by atoms with van der Waals surface area (Å²) in [6.45, 7) is 0.748. The number of carbonyl (C=O) groups excluding carboxylic acids is 1. The molecule has 4 heteroatoms. The first-order valence-corrected chi connectivity index (χ1v) is 7.09. The number of rotatable bonds is 2. The molecule has 0 spiro atoms. The summed E-state index contributed by atoms with van der Waals surface area (Å²) >= 11 is 0. The number of aromatic nitrogens is 2. The predicted molar refractivity (Wildman–Crippen MR) is 81.0 cm³/mol. The molecule has 104 valence electrons. The van der Waals surface area contributed by atoms with Crippen molar-refractivity contribution in [2.24, 2.45) is 0 Å². The van der Waals surface area contributed by atoms with Gasteiger partial charge >= 0.3 is 0 Å². The average molecular weight is 277 g/mol. The van der Waals surface area contributed by atoms with Crippen molar-refractivity contribution >= 4 is 11.6 Å². The molecule has 1 aliphatic heterocycles. The zero-order chi connectivity index (χ0) is 14.2. The standard InChI is InChI=1S/C17H15N3O/c21-17-10-15(11-19-17)13-3-1-12(2-4-13)14-5-7-20-8-6-18-16(20)9-14/h1-9,15H,10-11H2,(H,19,21). The summed E-state index contributed by atoms with van der Waals surface area (Å²) in [6, 6.07) is 12.6. The van der Waals surface area contributed by atoms with Crippen molar-refractivity contribution in [3.05, 3.63) is 60.6 Å². The van der Waals surface area contributed by atoms with Gasteiger partial charge in [-0.25, -0.2) is 4.98 Å². The molecule has 2 aromatic heterocycles. The summed E-state index contributed by atoms with van der Waals surface area (Å²) in [5.41, 5.74) is 4.49. The smallest absolute Gasteiger partial charge is 0.220 e. The molecular weight excluding hydrogens is 262 g/mol. The number of hydrogen-bond donors (Lipinski definition) is 1. The second-order valence-corrected chi connectivity index (χ2v) is 5.44. The maximum Gasteiger partial charge on any atom is 0.220 e. The number of hydrogen-bond acceptors (Lipinski definition) is 2. The third kappa shape index (κ3) is 2.18. The van der Waals surface area contributed by atoms with Crippen LogP contribution < -0.4 is 5.32 Å². The van der Waals surface area contributed by atoms with Crippen molar-refractivity contribution in [2.45, 2.75) is 12.3 Å². The summed E-state index contributed by atoms with van der Waals surface area (Å²) in [7, 11) is 0. The number of amides is 1. The van der Waals surface area contributed by atoms with Crippen LogP contribution in [0.1, 0.15) is 17.9 Å². The number of nitrogens with zero attached hydrogens (tertiary/aromatic N) is 2. The topological polar surface area (TPSA) is 46.4 Å². The summed E-state index contributed by atoms with van der Waals surface area (Å²) < 4.78 is 1.99. The lowest BCUT2D eigenvalue weighted by molar-refractivity contribution is -0.119. The van der Waals surface area contributed by atoms with Crippen LogP contribution in [-0.2, 0) is 4.79 Å². The summed E-state index contributed by atoms with van der Waals surface area (Å²) in [5, 5.41) is 2.88. The summed E-state index contributed by atoms with van der Waals surface area (Å²) in [6.07, 6.45) is 6.35. The maximum atomic E-state index is 11.3. The molecule has 1 atom stereocenters. The van der Waals surface area contributed by atoms with Gasteiger partial charge in [-0.05, 0) is 28.8 Å². The van der Waals surface area contributed by atoms with Gasteiger partial charge in [-0.3, -0.25) is 4.79 Å². The average Bonchev–Trinajstić information content (AvgIpc) is 3.15. The van der Waals surface area contributed by atoms with Gasteiger partial charge in [-0.15, -0.1) is 0 Å². The van der Waals surface area contributed by atoms with Crippen LogP contribution in [0.5, 0.6) is 0 Å². The molecule has 1 aliphatic rings. The van der Waals surface area contributed by atoms with Gasteiger partial charge in [0, 0.05) is 37.5 Å². The fourth-order valence-electron chi connectivity index (χ4n) is 2.88. The van der Waals surface area contributed by atoms with Gasteiger partial charge in [0.2, 0.25) is 5.91 Å². The molecule has 3 heterocycles. The van der Waals surface area contributed by atoms with Crippen LogP contribution in [0.2, 0.25) is 0 Å². The second kappa shape index (κ2) is 4.74. The van der Waals surface area contributed by atoms with Gasteiger partial charge in [-0.1, -0.05) is 24.3 Å². The largest absolute Gasteiger partial charge is 0.355 e. The molecule has 1 N–H and O–H groups in total. The zero-order valence-corrected chi connectivity index (χ0v) is 11.5. The van der Waals surface area contributed by atoms with E-state index in [9.17, 15) is 4.79 Å². The van der Waals surface area contributed by atoms with Crippen molar-refractivity contribution < 1.29 is 4.79 Å². The minimum Gasteiger partial charge on any atom is -0.355 e. The molecular formula is C17H15N3O. The van der Waals surface area contributed by atoms with Crippen molar-refractivity contribution in [1.29, 1.82) is 0 Å². The van der Waals surface area contributed by atoms with E-state index in [2.05, 4.69) is 46.7 Å². The highest BCUT2D eigenvalue weighted by molar-refractivity contribution is 5.79. The number of fused-ring (bicyclic) bond motifs is 1. The van der Waals surface area contributed by atoms with Crippen LogP contribution in [0.15, 0.2) is 55.0 Å². The van der Waals surface area contributed by atoms with Crippen LogP contribution in [-0.4, -0.2) is 21.8 Å². The van der Waals surface area contributed by atoms with Crippen LogP contribution in [0.4, 0.5) is 0 Å². The first-order valence-electron chi connectivity index (χ1n) is 7.09. The third-order valence-corrected chi connectivity index (χ3v) is 4.09. The summed E-state index contributed by atoms with van der Waals surface area (Å²) in [4.78, 5) is 15.6. The molecule has 0 saturated carbocycles. The number of carbonyl (C=O) groups is 1. The molecule has 4 nitrogen and oxygen atoms in total. The Labute approximate surface area is 122 Å². The number of nitrogens with one attached hydrogen (secondary N) is 1. The molecule has 1 unspecified atom stereocenters. The van der Waals surface area contributed by atoms with Crippen molar-refractivity contribution in [3.63, 3.8) is 0 Å². The minimum absolute atomic E-state index is 0.147. The van der Waals surface area contributed by atoms with Gasteiger partial charge in [0.1, 0.15) is 5.65 Å². The molecule has 1 aromatic carbocycles. The highest BCUT2D eigenvalue weighted by atomic mass is 16.1. The van der Waals surface area contributed by atoms with E-state index >= 15 is 0 Å². The molecule has 21 heavy (non-hydrogen) atoms. The normalized spacial score (nSPS) is 18.1. The van der Waals surface area contributed by atoms with E-state index in [-0.39, 0.29) is 5.91 Å². The van der Waals surface area contributed by atoms with E-state index < -0.39 is 0 Å². The molecule has 1 amide bonds. The minimum atomic E-state index is 0.147. The van der Waals surface area contributed by atoms with Crippen LogP contribution in [0.3, 0.4) is 0 Å². The second-order valence-electron chi connectivity index (χ2n) is 5.44. The fourth-order valence-corrected chi connectivity index (χ4v) is 2.88. The molecule has 1 saturated heterocycles. The number of pyridine rings is 1. The van der Waals surface area contributed by atoms with Crippen molar-refractivity contribution in [3.8, 4) is 11.1 Å². The zero-order valence-electron chi connectivity index (χ0n) is 11.5. The Kier molecular flexibility index (Phi) is 2.74. The Hall–Kier alpha value is -2.62. The fraction of sp³-hybridized carbons (Fsp3) is 0.176. The van der Waals surface area contributed by atoms with Gasteiger partial charge in [0.15, 0.2) is 0 Å². The maximum absolute atomic E-state index is 11.3. The van der Waals surface area contributed by atoms with Gasteiger partial charge in [-0.2, -0.15) is 0 Å². The molecule has 3 aromatic rings. The SMILES string of the molecule is O=C1CC(c2ccc(-c3ccn4ccnc4c3)cc2)CN1. The van der Waals surface area contributed by atoms with Crippen LogP contribution >= 0.6 is 0 Å². The molecule has 1 fully saturated rings. The van der Waals surface area contributed by atoms with Crippen LogP contribution in [0.25, 0.3) is 16.8 Å². The Morgan fingerprint density at radius 2 is 1.95 bits per heavy atom. The Morgan fingerprint density at radius 1 is 1.10 bits per heavy atom. The quantitative estimate of drug-likeness (QED) is 0.782. The number of imidazole rings is 1. The predicted octanol–water partition coefficient (Wildman–Crippen LogP) is 2.60. The molecule has 0 aliphatic carbocycles. The monoisotopic (exact) mass is 277 g/mol. The van der Waals surface area contributed by atoms with E-state index in [1.54, 1.807) is 6.20 Å². The Bertz CT molecular complexity index is 804. The lowest BCUT2D eigenvalue weighted by Crippen LogP contribution is -2.13. The highest BCUT2D eigenvalue weighted by Gasteiger charge is 2.22. The van der Waals surface area contributed by atoms with Crippen molar-refractivity contribution in [2.75, 3.05) is 6.54 Å². The van der Waals surface area contributed by atoms with E-state index in [4.69, 9.17) is 0 Å². The van der Waals surface area contributed by atoms with Gasteiger partial charge in [0.25, 0.3) is 0 Å². The Morgan fingerprint density at radius 3 is 2.71 bits per heavy atom. The Balaban J connectivity index is 1.64. The first kappa shape index (κ1) is 12.1. The molecule has 4 rings (SSSR count). The molecule has 0 bridgehead atoms. The summed E-state index contributed by atoms with van der Waals surface area (Å²) in [5.74, 6) is 0.454. The van der Waals surface area contributed by atoms with Gasteiger partial charge < -0.3 is 9.72 Å². The number of benzene rings is 1. The first-order chi connectivity index (χ1) is 10.3. The third-order valence-electron chi connectivity index (χ3n) is 4.09. The van der Waals surface area contributed by atoms with E-state index in [0.717, 1.165) is 17.8 Å².